The number of hydrogen-bond donors (Lipinski definition) is 3. The Morgan fingerprint density at radius 1 is 1.27 bits per heavy atom. The van der Waals surface area contributed by atoms with Gasteiger partial charge in [0, 0.05) is 30.7 Å². The van der Waals surface area contributed by atoms with Gasteiger partial charge in [-0.15, -0.1) is 0 Å². The van der Waals surface area contributed by atoms with Gasteiger partial charge in [-0.2, -0.15) is 5.10 Å². The highest BCUT2D eigenvalue weighted by molar-refractivity contribution is 5.95. The van der Waals surface area contributed by atoms with Gasteiger partial charge in [0.25, 0.3) is 0 Å². The van der Waals surface area contributed by atoms with Crippen LogP contribution in [-0.4, -0.2) is 45.6 Å². The van der Waals surface area contributed by atoms with Crippen molar-refractivity contribution in [3.8, 4) is 11.1 Å². The lowest BCUT2D eigenvalue weighted by Crippen LogP contribution is -2.52. The van der Waals surface area contributed by atoms with E-state index in [2.05, 4.69) is 33.1 Å². The molecule has 3 aromatic rings. The van der Waals surface area contributed by atoms with E-state index in [1.54, 1.807) is 17.0 Å². The summed E-state index contributed by atoms with van der Waals surface area (Å²) in [5.74, 6) is 0.0679. The van der Waals surface area contributed by atoms with E-state index in [1.807, 2.05) is 52.0 Å². The number of benzene rings is 1. The molecule has 5 rings (SSSR count). The van der Waals surface area contributed by atoms with Crippen LogP contribution in [0.15, 0.2) is 52.1 Å². The highest BCUT2D eigenvalue weighted by Gasteiger charge is 2.45. The van der Waals surface area contributed by atoms with Gasteiger partial charge in [0.15, 0.2) is 0 Å². The molecule has 0 bridgehead atoms. The standard InChI is InChI=1S/C28H30FN5O3/c1-16(2)25(24-13-17(3)32-37-24)27(36)34-15-20(35)14-23(34)26-30-28(4,33-31-26)19-11-9-18(10-12-19)21-7-5-6-8-22(21)29/h7-13,16,20,23,25,33,35H,14-15H2,1-4H3,(H,30,31)/t20-,23+,25?,28?/m1/s1. The van der Waals surface area contributed by atoms with Gasteiger partial charge in [-0.1, -0.05) is 55.4 Å². The Balaban J connectivity index is 1.35. The fourth-order valence-electron chi connectivity index (χ4n) is 5.11. The number of β-amino-alcohol motifs (C(OH)–C–C–N with tert-alkyl or cyclic N) is 1. The number of hydrogen-bond acceptors (Lipinski definition) is 7. The molecule has 3 N–H and O–H groups in total. The summed E-state index contributed by atoms with van der Waals surface area (Å²) >= 11 is 0. The van der Waals surface area contributed by atoms with Crippen LogP contribution in [0.2, 0.25) is 0 Å². The second-order valence-electron chi connectivity index (χ2n) is 10.3. The number of nitrogens with one attached hydrogen (secondary N) is 2. The molecular formula is C28H30FN5O3. The number of halogens is 1. The predicted molar refractivity (Wildman–Crippen MR) is 136 cm³/mol. The molecule has 1 amide bonds. The molecule has 0 spiro atoms. The fourth-order valence-corrected chi connectivity index (χ4v) is 5.11. The molecule has 0 radical (unpaired) electrons. The Morgan fingerprint density at radius 3 is 2.65 bits per heavy atom. The molecule has 192 valence electrons. The first-order valence-electron chi connectivity index (χ1n) is 12.4. The van der Waals surface area contributed by atoms with Crippen LogP contribution in [0, 0.1) is 30.8 Å². The summed E-state index contributed by atoms with van der Waals surface area (Å²) in [5, 5.41) is 22.4. The van der Waals surface area contributed by atoms with E-state index in [1.165, 1.54) is 6.07 Å². The zero-order valence-corrected chi connectivity index (χ0v) is 21.2. The average Bonchev–Trinajstić information content (AvgIpc) is 3.58. The van der Waals surface area contributed by atoms with Crippen molar-refractivity contribution in [3.05, 3.63) is 77.4 Å². The molecule has 8 nitrogen and oxygen atoms in total. The maximum Gasteiger partial charge on any atom is 0.234 e. The number of rotatable bonds is 6. The predicted octanol–water partition coefficient (Wildman–Crippen LogP) is 3.47. The van der Waals surface area contributed by atoms with E-state index in [0.717, 1.165) is 11.1 Å². The lowest BCUT2D eigenvalue weighted by Gasteiger charge is -2.31. The first-order chi connectivity index (χ1) is 17.7. The van der Waals surface area contributed by atoms with Crippen LogP contribution >= 0.6 is 0 Å². The lowest BCUT2D eigenvalue weighted by atomic mass is 9.91. The van der Waals surface area contributed by atoms with Crippen LogP contribution in [0.3, 0.4) is 0 Å². The van der Waals surface area contributed by atoms with Gasteiger partial charge in [0.05, 0.1) is 17.8 Å². The minimum Gasteiger partial charge on any atom is -0.391 e. The maximum atomic E-state index is 14.2. The molecule has 4 atom stereocenters. The van der Waals surface area contributed by atoms with Crippen LogP contribution in [0.4, 0.5) is 4.39 Å². The van der Waals surface area contributed by atoms with Crippen LogP contribution in [0.25, 0.3) is 11.1 Å². The Morgan fingerprint density at radius 2 is 2.00 bits per heavy atom. The molecule has 1 aromatic heterocycles. The summed E-state index contributed by atoms with van der Waals surface area (Å²) in [6.07, 6.45) is -0.293. The zero-order chi connectivity index (χ0) is 26.3. The Labute approximate surface area is 215 Å². The van der Waals surface area contributed by atoms with E-state index < -0.39 is 23.7 Å². The lowest BCUT2D eigenvalue weighted by molar-refractivity contribution is -0.134. The molecule has 0 saturated carbocycles. The third-order valence-corrected chi connectivity index (χ3v) is 7.07. The van der Waals surface area contributed by atoms with E-state index in [-0.39, 0.29) is 24.2 Å². The molecular weight excluding hydrogens is 473 g/mol. The van der Waals surface area contributed by atoms with Gasteiger partial charge >= 0.3 is 0 Å². The van der Waals surface area contributed by atoms with Crippen LogP contribution in [-0.2, 0) is 10.5 Å². The van der Waals surface area contributed by atoms with Crippen molar-refractivity contribution in [1.82, 2.24) is 20.8 Å². The van der Waals surface area contributed by atoms with Gasteiger partial charge in [0.1, 0.15) is 29.0 Å². The molecule has 9 heteroatoms. The second-order valence-corrected chi connectivity index (χ2v) is 10.3. The van der Waals surface area contributed by atoms with Crippen LogP contribution < -0.4 is 10.7 Å². The third-order valence-electron chi connectivity index (χ3n) is 7.07. The smallest absolute Gasteiger partial charge is 0.234 e. The molecule has 0 aliphatic carbocycles. The molecule has 1 saturated heterocycles. The number of carbonyl (C=O) groups excluding carboxylic acids is 1. The van der Waals surface area contributed by atoms with Gasteiger partial charge in [-0.3, -0.25) is 10.2 Å². The number of amidine groups is 1. The first kappa shape index (κ1) is 24.8. The number of aromatic nitrogens is 1. The highest BCUT2D eigenvalue weighted by atomic mass is 19.1. The first-order valence-corrected chi connectivity index (χ1v) is 12.4. The number of carbonyl (C=O) groups is 1. The maximum absolute atomic E-state index is 14.2. The topological polar surface area (TPSA) is 103 Å². The Bertz CT molecular complexity index is 1320. The SMILES string of the molecule is Cc1cc(C(C(=O)N2C[C@H](O)C[C@H]2C2=NNC(C)(c3ccc(-c4cc#ccc4F)cc3)N2)C(C)C)on1. The van der Waals surface area contributed by atoms with E-state index >= 15 is 0 Å². The summed E-state index contributed by atoms with van der Waals surface area (Å²) in [7, 11) is 0. The summed E-state index contributed by atoms with van der Waals surface area (Å²) in [5.41, 5.74) is 5.19. The normalized spacial score (nSPS) is 23.9. The van der Waals surface area contributed by atoms with E-state index in [0.29, 0.717) is 29.3 Å². The summed E-state index contributed by atoms with van der Waals surface area (Å²) in [6.45, 7) is 7.90. The summed E-state index contributed by atoms with van der Waals surface area (Å²) in [4.78, 5) is 15.4. The second kappa shape index (κ2) is 9.52. The highest BCUT2D eigenvalue weighted by Crippen LogP contribution is 2.33. The van der Waals surface area contributed by atoms with Crippen LogP contribution in [0.1, 0.15) is 50.1 Å². The van der Waals surface area contributed by atoms with Crippen molar-refractivity contribution in [2.24, 2.45) is 11.0 Å². The largest absolute Gasteiger partial charge is 0.391 e. The molecule has 2 aliphatic rings. The summed E-state index contributed by atoms with van der Waals surface area (Å²) in [6, 6.07) is 17.1. The van der Waals surface area contributed by atoms with Crippen molar-refractivity contribution in [1.29, 1.82) is 0 Å². The fraction of sp³-hybridized carbons (Fsp3) is 0.393. The summed E-state index contributed by atoms with van der Waals surface area (Å²) < 4.78 is 19.6. The van der Waals surface area contributed by atoms with Crippen LogP contribution in [0.5, 0.6) is 0 Å². The number of aliphatic hydroxyl groups excluding tert-OH is 1. The van der Waals surface area contributed by atoms with Gasteiger partial charge in [-0.05, 0) is 37.0 Å². The van der Waals surface area contributed by atoms with Gasteiger partial charge in [-0.25, -0.2) is 4.39 Å². The quantitative estimate of drug-likeness (QED) is 0.476. The van der Waals surface area contributed by atoms with Crippen molar-refractivity contribution in [2.75, 3.05) is 6.54 Å². The molecule has 37 heavy (non-hydrogen) atoms. The molecule has 3 heterocycles. The molecule has 2 aliphatic heterocycles. The Kier molecular flexibility index (Phi) is 6.38. The minimum atomic E-state index is -0.745. The average molecular weight is 504 g/mol. The number of aryl methyl sites for hydroxylation is 1. The van der Waals surface area contributed by atoms with Crippen molar-refractivity contribution < 1.29 is 18.8 Å². The zero-order valence-electron chi connectivity index (χ0n) is 21.2. The Hall–Kier alpha value is -3.90. The molecule has 2 unspecified atom stereocenters. The van der Waals surface area contributed by atoms with Crippen molar-refractivity contribution in [3.63, 3.8) is 0 Å². The van der Waals surface area contributed by atoms with Crippen molar-refractivity contribution >= 4 is 11.7 Å². The monoisotopic (exact) mass is 503 g/mol. The minimum absolute atomic E-state index is 0.0245. The van der Waals surface area contributed by atoms with Gasteiger partial charge < -0.3 is 19.8 Å². The number of amides is 1. The van der Waals surface area contributed by atoms with Crippen molar-refractivity contribution in [2.45, 2.75) is 57.8 Å². The molecule has 2 aromatic carbocycles. The molecule has 1 fully saturated rings. The van der Waals surface area contributed by atoms with E-state index in [4.69, 9.17) is 4.52 Å². The third kappa shape index (κ3) is 4.65. The number of nitrogens with zero attached hydrogens (tertiary/aromatic N) is 3. The van der Waals surface area contributed by atoms with E-state index in [9.17, 15) is 14.3 Å². The number of likely N-dealkylation sites (tertiary alicyclic amines) is 1. The number of hydrazone groups is 1. The number of aliphatic hydroxyl groups is 1. The van der Waals surface area contributed by atoms with Gasteiger partial charge in [0.2, 0.25) is 5.91 Å².